The van der Waals surface area contributed by atoms with E-state index >= 15 is 0 Å². The molecule has 7 heteroatoms. The Bertz CT molecular complexity index is 575. The Morgan fingerprint density at radius 1 is 1.24 bits per heavy atom. The Hall–Kier alpha value is -2.18. The lowest BCUT2D eigenvalue weighted by Gasteiger charge is -2.17. The molecule has 0 bridgehead atoms. The molecule has 1 heterocycles. The van der Waals surface area contributed by atoms with Gasteiger partial charge in [0.2, 0.25) is 0 Å². The monoisotopic (exact) mass is 296 g/mol. The van der Waals surface area contributed by atoms with Gasteiger partial charge in [-0.1, -0.05) is 5.21 Å². The molecule has 0 saturated heterocycles. The number of rotatable bonds is 5. The maximum absolute atomic E-state index is 12.0. The summed E-state index contributed by atoms with van der Waals surface area (Å²) < 4.78 is 30.1. The predicted molar refractivity (Wildman–Crippen MR) is 75.4 cm³/mol. The molecule has 0 aliphatic rings. The SMILES string of the molecule is CC(C)(C)n1cc(CNc2ccc(OC(F)F)cc2)nn1. The minimum absolute atomic E-state index is 0.112. The summed E-state index contributed by atoms with van der Waals surface area (Å²) in [5, 5.41) is 11.3. The van der Waals surface area contributed by atoms with Crippen LogP contribution in [0.3, 0.4) is 0 Å². The summed E-state index contributed by atoms with van der Waals surface area (Å²) in [4.78, 5) is 0. The highest BCUT2D eigenvalue weighted by Gasteiger charge is 2.14. The molecule has 5 nitrogen and oxygen atoms in total. The van der Waals surface area contributed by atoms with Crippen LogP contribution in [0.1, 0.15) is 26.5 Å². The average Bonchev–Trinajstić information content (AvgIpc) is 2.86. The summed E-state index contributed by atoms with van der Waals surface area (Å²) in [5.74, 6) is 0.134. The normalized spacial score (nSPS) is 11.7. The van der Waals surface area contributed by atoms with Gasteiger partial charge in [-0.15, -0.1) is 5.10 Å². The number of alkyl halides is 2. The highest BCUT2D eigenvalue weighted by Crippen LogP contribution is 2.18. The fourth-order valence-corrected chi connectivity index (χ4v) is 1.65. The Morgan fingerprint density at radius 3 is 2.43 bits per heavy atom. The zero-order valence-corrected chi connectivity index (χ0v) is 12.2. The maximum atomic E-state index is 12.0. The number of ether oxygens (including phenoxy) is 1. The topological polar surface area (TPSA) is 52.0 Å². The molecule has 0 saturated carbocycles. The Kier molecular flexibility index (Phi) is 4.40. The van der Waals surface area contributed by atoms with E-state index in [-0.39, 0.29) is 11.3 Å². The second-order valence-electron chi connectivity index (χ2n) is 5.58. The number of benzene rings is 1. The van der Waals surface area contributed by atoms with Gasteiger partial charge >= 0.3 is 6.61 Å². The van der Waals surface area contributed by atoms with Crippen molar-refractivity contribution in [2.45, 2.75) is 39.5 Å². The van der Waals surface area contributed by atoms with E-state index in [4.69, 9.17) is 0 Å². The molecule has 1 aromatic carbocycles. The first-order valence-corrected chi connectivity index (χ1v) is 6.55. The van der Waals surface area contributed by atoms with Crippen LogP contribution in [0, 0.1) is 0 Å². The van der Waals surface area contributed by atoms with Gasteiger partial charge in [0.1, 0.15) is 11.4 Å². The van der Waals surface area contributed by atoms with E-state index in [9.17, 15) is 8.78 Å². The van der Waals surface area contributed by atoms with Gasteiger partial charge in [-0.05, 0) is 45.0 Å². The van der Waals surface area contributed by atoms with Crippen molar-refractivity contribution in [2.24, 2.45) is 0 Å². The lowest BCUT2D eigenvalue weighted by Crippen LogP contribution is -2.22. The molecule has 0 radical (unpaired) electrons. The molecule has 1 N–H and O–H groups in total. The smallest absolute Gasteiger partial charge is 0.387 e. The predicted octanol–water partition coefficient (Wildman–Crippen LogP) is 3.25. The molecule has 21 heavy (non-hydrogen) atoms. The van der Waals surface area contributed by atoms with Crippen molar-refractivity contribution in [2.75, 3.05) is 5.32 Å². The first-order valence-electron chi connectivity index (χ1n) is 6.55. The second kappa shape index (κ2) is 6.07. The summed E-state index contributed by atoms with van der Waals surface area (Å²) in [6.07, 6.45) is 1.88. The molecule has 114 valence electrons. The van der Waals surface area contributed by atoms with Crippen molar-refractivity contribution in [1.82, 2.24) is 15.0 Å². The van der Waals surface area contributed by atoms with Crippen LogP contribution in [0.25, 0.3) is 0 Å². The van der Waals surface area contributed by atoms with Gasteiger partial charge in [0.15, 0.2) is 0 Å². The summed E-state index contributed by atoms with van der Waals surface area (Å²) in [5.41, 5.74) is 1.49. The van der Waals surface area contributed by atoms with Crippen LogP contribution in [0.4, 0.5) is 14.5 Å². The molecule has 2 aromatic rings. The fourth-order valence-electron chi connectivity index (χ4n) is 1.65. The third-order valence-electron chi connectivity index (χ3n) is 2.78. The zero-order valence-electron chi connectivity index (χ0n) is 12.2. The van der Waals surface area contributed by atoms with Crippen LogP contribution < -0.4 is 10.1 Å². The van der Waals surface area contributed by atoms with Crippen molar-refractivity contribution >= 4 is 5.69 Å². The van der Waals surface area contributed by atoms with E-state index in [1.165, 1.54) is 12.1 Å². The van der Waals surface area contributed by atoms with E-state index in [0.717, 1.165) is 11.4 Å². The largest absolute Gasteiger partial charge is 0.435 e. The maximum Gasteiger partial charge on any atom is 0.387 e. The summed E-state index contributed by atoms with van der Waals surface area (Å²) >= 11 is 0. The lowest BCUT2D eigenvalue weighted by atomic mass is 10.1. The van der Waals surface area contributed by atoms with Gasteiger partial charge < -0.3 is 10.1 Å². The van der Waals surface area contributed by atoms with Crippen LogP contribution in [0.5, 0.6) is 5.75 Å². The van der Waals surface area contributed by atoms with E-state index in [0.29, 0.717) is 6.54 Å². The van der Waals surface area contributed by atoms with Crippen LogP contribution >= 0.6 is 0 Å². The zero-order chi connectivity index (χ0) is 15.5. The van der Waals surface area contributed by atoms with Crippen molar-refractivity contribution in [1.29, 1.82) is 0 Å². The molecule has 0 aliphatic carbocycles. The van der Waals surface area contributed by atoms with Gasteiger partial charge in [0, 0.05) is 5.69 Å². The van der Waals surface area contributed by atoms with Gasteiger partial charge in [0.25, 0.3) is 0 Å². The molecule has 0 amide bonds. The highest BCUT2D eigenvalue weighted by atomic mass is 19.3. The lowest BCUT2D eigenvalue weighted by molar-refractivity contribution is -0.0498. The molecule has 0 unspecified atom stereocenters. The molecular formula is C14H18F2N4O. The van der Waals surface area contributed by atoms with Gasteiger partial charge in [-0.2, -0.15) is 8.78 Å². The Balaban J connectivity index is 1.92. The van der Waals surface area contributed by atoms with Crippen molar-refractivity contribution in [3.63, 3.8) is 0 Å². The molecule has 0 aliphatic heterocycles. The number of anilines is 1. The summed E-state index contributed by atoms with van der Waals surface area (Å²) in [6, 6.07) is 6.32. The Labute approximate surface area is 121 Å². The molecule has 0 fully saturated rings. The molecule has 0 atom stereocenters. The molecule has 1 aromatic heterocycles. The number of aromatic nitrogens is 3. The van der Waals surface area contributed by atoms with E-state index in [2.05, 4.69) is 20.4 Å². The minimum atomic E-state index is -2.81. The van der Waals surface area contributed by atoms with Crippen molar-refractivity contribution in [3.05, 3.63) is 36.2 Å². The third-order valence-corrected chi connectivity index (χ3v) is 2.78. The first-order chi connectivity index (χ1) is 9.84. The average molecular weight is 296 g/mol. The van der Waals surface area contributed by atoms with Crippen LogP contribution in [0.2, 0.25) is 0 Å². The first kappa shape index (κ1) is 15.2. The number of nitrogens with one attached hydrogen (secondary N) is 1. The van der Waals surface area contributed by atoms with Crippen LogP contribution in [0.15, 0.2) is 30.5 Å². The molecule has 0 spiro atoms. The number of halogens is 2. The number of hydrogen-bond donors (Lipinski definition) is 1. The van der Waals surface area contributed by atoms with Crippen molar-refractivity contribution in [3.8, 4) is 5.75 Å². The van der Waals surface area contributed by atoms with Crippen LogP contribution in [-0.4, -0.2) is 21.6 Å². The van der Waals surface area contributed by atoms with Gasteiger partial charge in [-0.3, -0.25) is 0 Å². The van der Waals surface area contributed by atoms with Gasteiger partial charge in [0.05, 0.1) is 18.3 Å². The van der Waals surface area contributed by atoms with E-state index in [1.54, 1.807) is 16.8 Å². The van der Waals surface area contributed by atoms with E-state index in [1.807, 2.05) is 27.0 Å². The third kappa shape index (κ3) is 4.40. The quantitative estimate of drug-likeness (QED) is 0.920. The summed E-state index contributed by atoms with van der Waals surface area (Å²) in [6.45, 7) is 3.82. The van der Waals surface area contributed by atoms with E-state index < -0.39 is 6.61 Å². The standard InChI is InChI=1S/C14H18F2N4O/c1-14(2,3)20-9-11(18-19-20)8-17-10-4-6-12(7-5-10)21-13(15)16/h4-7,9,13,17H,8H2,1-3H3. The second-order valence-corrected chi connectivity index (χ2v) is 5.58. The Morgan fingerprint density at radius 2 is 1.90 bits per heavy atom. The van der Waals surface area contributed by atoms with Gasteiger partial charge in [-0.25, -0.2) is 4.68 Å². The molecule has 2 rings (SSSR count). The van der Waals surface area contributed by atoms with Crippen molar-refractivity contribution < 1.29 is 13.5 Å². The number of hydrogen-bond acceptors (Lipinski definition) is 4. The molecular weight excluding hydrogens is 278 g/mol. The minimum Gasteiger partial charge on any atom is -0.435 e. The fraction of sp³-hybridized carbons (Fsp3) is 0.429. The highest BCUT2D eigenvalue weighted by molar-refractivity contribution is 5.46. The van der Waals surface area contributed by atoms with Crippen LogP contribution in [-0.2, 0) is 12.1 Å². The number of nitrogens with zero attached hydrogens (tertiary/aromatic N) is 3. The summed E-state index contributed by atoms with van der Waals surface area (Å²) in [7, 11) is 0.